The summed E-state index contributed by atoms with van der Waals surface area (Å²) in [6, 6.07) is 5.08. The van der Waals surface area contributed by atoms with Crippen molar-refractivity contribution in [2.45, 2.75) is 32.2 Å². The van der Waals surface area contributed by atoms with Crippen LogP contribution in [0.15, 0.2) is 18.2 Å². The van der Waals surface area contributed by atoms with Gasteiger partial charge in [0.2, 0.25) is 0 Å². The summed E-state index contributed by atoms with van der Waals surface area (Å²) >= 11 is 5.66. The fraction of sp³-hybridized carbons (Fsp3) is 0.455. The lowest BCUT2D eigenvalue weighted by Crippen LogP contribution is -2.14. The van der Waals surface area contributed by atoms with Crippen molar-refractivity contribution in [3.8, 4) is 0 Å². The van der Waals surface area contributed by atoms with Gasteiger partial charge in [0.25, 0.3) is 0 Å². The lowest BCUT2D eigenvalue weighted by molar-refractivity contribution is 0.617. The molecule has 1 aromatic rings. The molecule has 1 atom stereocenters. The third-order valence-electron chi connectivity index (χ3n) is 2.11. The lowest BCUT2D eigenvalue weighted by Gasteiger charge is -2.05. The molecule has 1 aromatic carbocycles. The summed E-state index contributed by atoms with van der Waals surface area (Å²) in [4.78, 5) is 0. The van der Waals surface area contributed by atoms with E-state index in [2.05, 4.69) is 0 Å². The van der Waals surface area contributed by atoms with Gasteiger partial charge in [0.15, 0.2) is 0 Å². The largest absolute Gasteiger partial charge is 0.328 e. The van der Waals surface area contributed by atoms with Gasteiger partial charge in [-0.15, -0.1) is 0 Å². The molecule has 0 fully saturated rings. The summed E-state index contributed by atoms with van der Waals surface area (Å²) in [5.41, 5.74) is 6.69. The zero-order valence-electron chi connectivity index (χ0n) is 8.26. The maximum atomic E-state index is 12.8. The first-order valence-corrected chi connectivity index (χ1v) is 5.17. The molecular formula is C11H15ClFN. The van der Waals surface area contributed by atoms with Gasteiger partial charge in [0.05, 0.1) is 5.02 Å². The van der Waals surface area contributed by atoms with Gasteiger partial charge in [-0.3, -0.25) is 0 Å². The second-order valence-electron chi connectivity index (χ2n) is 3.62. The average Bonchev–Trinajstić information content (AvgIpc) is 2.10. The van der Waals surface area contributed by atoms with Crippen LogP contribution in [0.25, 0.3) is 0 Å². The first-order valence-electron chi connectivity index (χ1n) is 4.79. The van der Waals surface area contributed by atoms with Crippen molar-refractivity contribution in [2.75, 3.05) is 0 Å². The van der Waals surface area contributed by atoms with Crippen LogP contribution in [0.3, 0.4) is 0 Å². The van der Waals surface area contributed by atoms with Crippen LogP contribution in [0.1, 0.15) is 25.3 Å². The molecule has 0 heterocycles. The van der Waals surface area contributed by atoms with E-state index in [0.717, 1.165) is 24.8 Å². The van der Waals surface area contributed by atoms with Crippen LogP contribution in [-0.4, -0.2) is 6.04 Å². The third kappa shape index (κ3) is 3.64. The monoisotopic (exact) mass is 215 g/mol. The maximum Gasteiger partial charge on any atom is 0.141 e. The molecule has 0 aliphatic carbocycles. The van der Waals surface area contributed by atoms with Crippen LogP contribution in [0.2, 0.25) is 5.02 Å². The van der Waals surface area contributed by atoms with Gasteiger partial charge >= 0.3 is 0 Å². The molecule has 1 nitrogen and oxygen atoms in total. The predicted octanol–water partition coefficient (Wildman–Crippen LogP) is 3.15. The molecule has 0 spiro atoms. The number of nitrogens with two attached hydrogens (primary N) is 1. The molecule has 0 aromatic heterocycles. The summed E-state index contributed by atoms with van der Waals surface area (Å²) in [7, 11) is 0. The molecule has 3 heteroatoms. The average molecular weight is 216 g/mol. The van der Waals surface area contributed by atoms with Crippen LogP contribution in [0.5, 0.6) is 0 Å². The molecule has 0 amide bonds. The van der Waals surface area contributed by atoms with Gasteiger partial charge in [-0.05, 0) is 43.9 Å². The van der Waals surface area contributed by atoms with Gasteiger partial charge in [0.1, 0.15) is 5.82 Å². The van der Waals surface area contributed by atoms with Crippen LogP contribution in [0.4, 0.5) is 4.39 Å². The molecule has 78 valence electrons. The number of hydrogen-bond acceptors (Lipinski definition) is 1. The Hall–Kier alpha value is -0.600. The van der Waals surface area contributed by atoms with Crippen LogP contribution < -0.4 is 5.73 Å². The number of halogens is 2. The topological polar surface area (TPSA) is 26.0 Å². The molecule has 2 N–H and O–H groups in total. The van der Waals surface area contributed by atoms with Gasteiger partial charge < -0.3 is 5.73 Å². The fourth-order valence-electron chi connectivity index (χ4n) is 1.32. The van der Waals surface area contributed by atoms with E-state index in [0.29, 0.717) is 0 Å². The van der Waals surface area contributed by atoms with Crippen molar-refractivity contribution < 1.29 is 4.39 Å². The second-order valence-corrected chi connectivity index (χ2v) is 4.03. The van der Waals surface area contributed by atoms with E-state index in [-0.39, 0.29) is 16.9 Å². The van der Waals surface area contributed by atoms with E-state index >= 15 is 0 Å². The van der Waals surface area contributed by atoms with Gasteiger partial charge in [-0.2, -0.15) is 0 Å². The Kier molecular flexibility index (Phi) is 4.36. The number of aryl methyl sites for hydroxylation is 1. The highest BCUT2D eigenvalue weighted by Crippen LogP contribution is 2.17. The molecule has 0 bridgehead atoms. The quantitative estimate of drug-likeness (QED) is 0.821. The Labute approximate surface area is 89.1 Å². The maximum absolute atomic E-state index is 12.8. The minimum atomic E-state index is -0.359. The summed E-state index contributed by atoms with van der Waals surface area (Å²) in [5.74, 6) is -0.359. The highest BCUT2D eigenvalue weighted by molar-refractivity contribution is 6.30. The lowest BCUT2D eigenvalue weighted by atomic mass is 10.1. The zero-order chi connectivity index (χ0) is 10.6. The van der Waals surface area contributed by atoms with Crippen LogP contribution in [-0.2, 0) is 6.42 Å². The number of hydrogen-bond donors (Lipinski definition) is 1. The number of benzene rings is 1. The first-order chi connectivity index (χ1) is 6.59. The molecule has 0 aliphatic heterocycles. The molecule has 0 saturated carbocycles. The van der Waals surface area contributed by atoms with E-state index in [1.54, 1.807) is 12.1 Å². The smallest absolute Gasteiger partial charge is 0.141 e. The first kappa shape index (κ1) is 11.5. The summed E-state index contributed by atoms with van der Waals surface area (Å²) in [6.07, 6.45) is 2.90. The third-order valence-corrected chi connectivity index (χ3v) is 2.40. The predicted molar refractivity (Wildman–Crippen MR) is 58.0 cm³/mol. The van der Waals surface area contributed by atoms with Crippen molar-refractivity contribution in [3.05, 3.63) is 34.6 Å². The molecule has 0 radical (unpaired) electrons. The van der Waals surface area contributed by atoms with Crippen molar-refractivity contribution in [2.24, 2.45) is 5.73 Å². The second kappa shape index (κ2) is 5.32. The van der Waals surface area contributed by atoms with Crippen molar-refractivity contribution in [1.29, 1.82) is 0 Å². The van der Waals surface area contributed by atoms with Crippen LogP contribution >= 0.6 is 11.6 Å². The fourth-order valence-corrected chi connectivity index (χ4v) is 1.53. The van der Waals surface area contributed by atoms with E-state index in [4.69, 9.17) is 17.3 Å². The molecule has 1 rings (SSSR count). The molecule has 1 unspecified atom stereocenters. The Morgan fingerprint density at radius 2 is 2.21 bits per heavy atom. The van der Waals surface area contributed by atoms with E-state index in [9.17, 15) is 4.39 Å². The van der Waals surface area contributed by atoms with Crippen molar-refractivity contribution >= 4 is 11.6 Å². The summed E-state index contributed by atoms with van der Waals surface area (Å²) in [5, 5.41) is 0.197. The van der Waals surface area contributed by atoms with Gasteiger partial charge in [-0.1, -0.05) is 17.7 Å². The zero-order valence-corrected chi connectivity index (χ0v) is 9.02. The number of rotatable bonds is 4. The minimum absolute atomic E-state index is 0.197. The van der Waals surface area contributed by atoms with E-state index < -0.39 is 0 Å². The highest BCUT2D eigenvalue weighted by Gasteiger charge is 2.01. The van der Waals surface area contributed by atoms with E-state index in [1.165, 1.54) is 6.07 Å². The summed E-state index contributed by atoms with van der Waals surface area (Å²) in [6.45, 7) is 1.98. The molecule has 0 aliphatic rings. The molecule has 0 saturated heterocycles. The SMILES string of the molecule is CC(N)CCCc1ccc(F)c(Cl)c1. The molecular weight excluding hydrogens is 201 g/mol. The Morgan fingerprint density at radius 3 is 2.79 bits per heavy atom. The normalized spacial score (nSPS) is 12.9. The Balaban J connectivity index is 2.47. The summed E-state index contributed by atoms with van der Waals surface area (Å²) < 4.78 is 12.8. The van der Waals surface area contributed by atoms with Crippen LogP contribution in [0, 0.1) is 5.82 Å². The minimum Gasteiger partial charge on any atom is -0.328 e. The standard InChI is InChI=1S/C11H15ClFN/c1-8(14)3-2-4-9-5-6-11(13)10(12)7-9/h5-8H,2-4,14H2,1H3. The van der Waals surface area contributed by atoms with Crippen molar-refractivity contribution in [3.63, 3.8) is 0 Å². The van der Waals surface area contributed by atoms with E-state index in [1.807, 2.05) is 6.92 Å². The highest BCUT2D eigenvalue weighted by atomic mass is 35.5. The van der Waals surface area contributed by atoms with Crippen molar-refractivity contribution in [1.82, 2.24) is 0 Å². The van der Waals surface area contributed by atoms with Gasteiger partial charge in [0, 0.05) is 6.04 Å². The Bertz CT molecular complexity index is 299. The molecule has 14 heavy (non-hydrogen) atoms. The Morgan fingerprint density at radius 1 is 1.50 bits per heavy atom. The van der Waals surface area contributed by atoms with Gasteiger partial charge in [-0.25, -0.2) is 4.39 Å².